The lowest BCUT2D eigenvalue weighted by atomic mass is 10.1. The van der Waals surface area contributed by atoms with Gasteiger partial charge < -0.3 is 14.8 Å². The van der Waals surface area contributed by atoms with Crippen LogP contribution < -0.4 is 19.5 Å². The van der Waals surface area contributed by atoms with Crippen LogP contribution in [0.4, 0.5) is 5.69 Å². The fraction of sp³-hybridized carbons (Fsp3) is 0.174. The summed E-state index contributed by atoms with van der Waals surface area (Å²) >= 11 is 3.31. The average molecular weight is 519 g/mol. The van der Waals surface area contributed by atoms with E-state index < -0.39 is 10.0 Å². The first-order valence-corrected chi connectivity index (χ1v) is 12.0. The number of carbonyl (C=O) groups is 1. The Morgan fingerprint density at radius 1 is 1.00 bits per heavy atom. The molecule has 3 aromatic carbocycles. The highest BCUT2D eigenvalue weighted by molar-refractivity contribution is 9.10. The van der Waals surface area contributed by atoms with Gasteiger partial charge in [0.05, 0.1) is 18.0 Å². The maximum Gasteiger partial charge on any atom is 0.261 e. The van der Waals surface area contributed by atoms with Crippen LogP contribution in [0.2, 0.25) is 0 Å². The van der Waals surface area contributed by atoms with Crippen molar-refractivity contribution >= 4 is 37.5 Å². The maximum absolute atomic E-state index is 12.5. The molecule has 0 aliphatic rings. The summed E-state index contributed by atoms with van der Waals surface area (Å²) in [5.41, 5.74) is 1.31. The first-order chi connectivity index (χ1) is 15.3. The second kappa shape index (κ2) is 10.5. The van der Waals surface area contributed by atoms with Gasteiger partial charge in [-0.2, -0.15) is 0 Å². The number of benzene rings is 3. The van der Waals surface area contributed by atoms with Crippen LogP contribution in [-0.4, -0.2) is 28.0 Å². The van der Waals surface area contributed by atoms with E-state index in [1.807, 2.05) is 31.2 Å². The van der Waals surface area contributed by atoms with Gasteiger partial charge in [-0.15, -0.1) is 0 Å². The second-order valence-corrected chi connectivity index (χ2v) is 9.50. The van der Waals surface area contributed by atoms with E-state index in [-0.39, 0.29) is 23.5 Å². The summed E-state index contributed by atoms with van der Waals surface area (Å²) in [5, 5.41) is 2.85. The van der Waals surface area contributed by atoms with Crippen LogP contribution in [0.1, 0.15) is 18.5 Å². The van der Waals surface area contributed by atoms with Crippen LogP contribution in [0.5, 0.6) is 11.5 Å². The molecule has 2 N–H and O–H groups in total. The highest BCUT2D eigenvalue weighted by Gasteiger charge is 2.16. The standard InChI is InChI=1S/C23H23BrN2O5S/c1-16(21-5-3-4-6-22(21)30-2)25-23(27)15-31-19-11-13-20(14-12-19)32(28,29)26-18-9-7-17(24)8-10-18/h3-14,16,26H,15H2,1-2H3,(H,25,27). The molecule has 1 unspecified atom stereocenters. The predicted octanol–water partition coefficient (Wildman–Crippen LogP) is 4.51. The summed E-state index contributed by atoms with van der Waals surface area (Å²) in [6.07, 6.45) is 0. The number of para-hydroxylation sites is 1. The minimum absolute atomic E-state index is 0.0852. The molecule has 7 nitrogen and oxygen atoms in total. The lowest BCUT2D eigenvalue weighted by Gasteiger charge is -2.17. The molecule has 3 aromatic rings. The maximum atomic E-state index is 12.5. The molecule has 0 fully saturated rings. The zero-order valence-corrected chi connectivity index (χ0v) is 19.9. The van der Waals surface area contributed by atoms with E-state index in [1.165, 1.54) is 24.3 Å². The molecule has 1 atom stereocenters. The molecule has 3 rings (SSSR count). The predicted molar refractivity (Wildman–Crippen MR) is 126 cm³/mol. The van der Waals surface area contributed by atoms with Gasteiger partial charge in [0, 0.05) is 15.7 Å². The molecule has 0 bridgehead atoms. The molecule has 0 aromatic heterocycles. The smallest absolute Gasteiger partial charge is 0.261 e. The third kappa shape index (κ3) is 6.24. The van der Waals surface area contributed by atoms with Crippen LogP contribution in [0, 0.1) is 0 Å². The topological polar surface area (TPSA) is 93.7 Å². The van der Waals surface area contributed by atoms with Gasteiger partial charge in [-0.25, -0.2) is 8.42 Å². The lowest BCUT2D eigenvalue weighted by molar-refractivity contribution is -0.123. The number of amides is 1. The molecule has 32 heavy (non-hydrogen) atoms. The molecule has 9 heteroatoms. The van der Waals surface area contributed by atoms with Gasteiger partial charge in [0.2, 0.25) is 0 Å². The van der Waals surface area contributed by atoms with E-state index >= 15 is 0 Å². The van der Waals surface area contributed by atoms with E-state index in [1.54, 1.807) is 31.4 Å². The number of sulfonamides is 1. The zero-order chi connectivity index (χ0) is 23.1. The third-order valence-corrected chi connectivity index (χ3v) is 6.51. The highest BCUT2D eigenvalue weighted by atomic mass is 79.9. The van der Waals surface area contributed by atoms with Gasteiger partial charge in [0.25, 0.3) is 15.9 Å². The van der Waals surface area contributed by atoms with Crippen molar-refractivity contribution in [2.75, 3.05) is 18.4 Å². The van der Waals surface area contributed by atoms with Gasteiger partial charge in [0.15, 0.2) is 6.61 Å². The van der Waals surface area contributed by atoms with Gasteiger partial charge in [-0.3, -0.25) is 9.52 Å². The molecular weight excluding hydrogens is 496 g/mol. The van der Waals surface area contributed by atoms with Crippen LogP contribution in [0.15, 0.2) is 82.2 Å². The third-order valence-electron chi connectivity index (χ3n) is 4.58. The van der Waals surface area contributed by atoms with E-state index in [2.05, 4.69) is 26.0 Å². The number of nitrogens with one attached hydrogen (secondary N) is 2. The van der Waals surface area contributed by atoms with E-state index in [0.717, 1.165) is 10.0 Å². The van der Waals surface area contributed by atoms with Crippen molar-refractivity contribution in [3.8, 4) is 11.5 Å². The molecule has 0 aliphatic heterocycles. The molecule has 168 valence electrons. The van der Waals surface area contributed by atoms with Gasteiger partial charge in [-0.05, 0) is 61.5 Å². The van der Waals surface area contributed by atoms with Crippen LogP contribution in [-0.2, 0) is 14.8 Å². The minimum atomic E-state index is -3.74. The van der Waals surface area contributed by atoms with Crippen molar-refractivity contribution in [1.82, 2.24) is 5.32 Å². The summed E-state index contributed by atoms with van der Waals surface area (Å²) in [4.78, 5) is 12.4. The van der Waals surface area contributed by atoms with Crippen LogP contribution in [0.25, 0.3) is 0 Å². The van der Waals surface area contributed by atoms with Crippen molar-refractivity contribution in [3.63, 3.8) is 0 Å². The van der Waals surface area contributed by atoms with Gasteiger partial charge in [0.1, 0.15) is 11.5 Å². The Bertz CT molecular complexity index is 1170. The number of carbonyl (C=O) groups excluding carboxylic acids is 1. The van der Waals surface area contributed by atoms with Crippen LogP contribution >= 0.6 is 15.9 Å². The number of rotatable bonds is 9. The highest BCUT2D eigenvalue weighted by Crippen LogP contribution is 2.24. The average Bonchev–Trinajstić information content (AvgIpc) is 2.79. The normalized spacial score (nSPS) is 12.0. The molecule has 0 saturated carbocycles. The molecule has 0 aliphatic carbocycles. The number of methoxy groups -OCH3 is 1. The SMILES string of the molecule is COc1ccccc1C(C)NC(=O)COc1ccc(S(=O)(=O)Nc2ccc(Br)cc2)cc1. The Kier molecular flexibility index (Phi) is 7.76. The summed E-state index contributed by atoms with van der Waals surface area (Å²) in [6.45, 7) is 1.65. The Hall–Kier alpha value is -3.04. The van der Waals surface area contributed by atoms with Crippen molar-refractivity contribution in [1.29, 1.82) is 0 Å². The van der Waals surface area contributed by atoms with Gasteiger partial charge in [-0.1, -0.05) is 34.1 Å². The Morgan fingerprint density at radius 2 is 1.66 bits per heavy atom. The van der Waals surface area contributed by atoms with Gasteiger partial charge >= 0.3 is 0 Å². The Morgan fingerprint density at radius 3 is 2.31 bits per heavy atom. The number of halogens is 1. The molecule has 0 saturated heterocycles. The second-order valence-electron chi connectivity index (χ2n) is 6.90. The largest absolute Gasteiger partial charge is 0.496 e. The molecule has 1 amide bonds. The summed E-state index contributed by atoms with van der Waals surface area (Å²) in [7, 11) is -2.16. The summed E-state index contributed by atoms with van der Waals surface area (Å²) in [5.74, 6) is 0.763. The molecule has 0 radical (unpaired) electrons. The van der Waals surface area contributed by atoms with Crippen molar-refractivity contribution in [2.24, 2.45) is 0 Å². The summed E-state index contributed by atoms with van der Waals surface area (Å²) < 4.78 is 39.2. The Labute approximate surface area is 195 Å². The quantitative estimate of drug-likeness (QED) is 0.434. The molecule has 0 heterocycles. The molecular formula is C23H23BrN2O5S. The number of anilines is 1. The van der Waals surface area contributed by atoms with Crippen molar-refractivity contribution < 1.29 is 22.7 Å². The fourth-order valence-corrected chi connectivity index (χ4v) is 4.30. The van der Waals surface area contributed by atoms with E-state index in [4.69, 9.17) is 9.47 Å². The number of hydrogen-bond donors (Lipinski definition) is 2. The van der Waals surface area contributed by atoms with Crippen molar-refractivity contribution in [2.45, 2.75) is 17.9 Å². The minimum Gasteiger partial charge on any atom is -0.496 e. The number of hydrogen-bond acceptors (Lipinski definition) is 5. The van der Waals surface area contributed by atoms with Crippen LogP contribution in [0.3, 0.4) is 0 Å². The van der Waals surface area contributed by atoms with Crippen molar-refractivity contribution in [3.05, 3.63) is 82.8 Å². The zero-order valence-electron chi connectivity index (χ0n) is 17.5. The fourth-order valence-electron chi connectivity index (χ4n) is 2.98. The first kappa shape index (κ1) is 23.6. The van der Waals surface area contributed by atoms with E-state index in [0.29, 0.717) is 17.2 Å². The lowest BCUT2D eigenvalue weighted by Crippen LogP contribution is -2.31. The Balaban J connectivity index is 1.56. The number of ether oxygens (including phenoxy) is 2. The summed E-state index contributed by atoms with van der Waals surface area (Å²) in [6, 6.07) is 19.8. The molecule has 0 spiro atoms. The monoisotopic (exact) mass is 518 g/mol. The van der Waals surface area contributed by atoms with E-state index in [9.17, 15) is 13.2 Å². The first-order valence-electron chi connectivity index (χ1n) is 9.72.